The molecular weight excluding hydrogens is 332 g/mol. The van der Waals surface area contributed by atoms with Gasteiger partial charge in [0.25, 0.3) is 10.0 Å². The number of imidazole rings is 1. The fourth-order valence-electron chi connectivity index (χ4n) is 2.25. The highest BCUT2D eigenvalue weighted by Gasteiger charge is 2.40. The van der Waals surface area contributed by atoms with Crippen LogP contribution in [0.15, 0.2) is 29.4 Å². The van der Waals surface area contributed by atoms with Crippen molar-refractivity contribution in [1.29, 1.82) is 5.26 Å². The predicted molar refractivity (Wildman–Crippen MR) is 80.8 cm³/mol. The number of halogens is 1. The largest absolute Gasteiger partial charge is 0.288 e. The van der Waals surface area contributed by atoms with E-state index in [-0.39, 0.29) is 10.2 Å². The van der Waals surface area contributed by atoms with Crippen LogP contribution in [0.3, 0.4) is 0 Å². The zero-order valence-corrected chi connectivity index (χ0v) is 13.2. The molecular formula is C12H11ClN4O2S2. The van der Waals surface area contributed by atoms with Crippen molar-refractivity contribution in [1.82, 2.24) is 14.1 Å². The van der Waals surface area contributed by atoms with Crippen LogP contribution < -0.4 is 4.72 Å². The number of nitriles is 1. The first-order chi connectivity index (χ1) is 9.97. The van der Waals surface area contributed by atoms with Gasteiger partial charge in [0.15, 0.2) is 10.2 Å². The summed E-state index contributed by atoms with van der Waals surface area (Å²) in [5.41, 5.74) is -0.638. The third-order valence-electron chi connectivity index (χ3n) is 3.27. The van der Waals surface area contributed by atoms with Crippen LogP contribution in [0.2, 0.25) is 5.15 Å². The van der Waals surface area contributed by atoms with E-state index >= 15 is 0 Å². The third kappa shape index (κ3) is 2.51. The van der Waals surface area contributed by atoms with Gasteiger partial charge in [-0.05, 0) is 24.3 Å². The molecule has 2 aromatic heterocycles. The minimum atomic E-state index is -3.95. The molecule has 110 valence electrons. The summed E-state index contributed by atoms with van der Waals surface area (Å²) in [4.78, 5) is 4.02. The summed E-state index contributed by atoms with van der Waals surface area (Å²) < 4.78 is 29.2. The van der Waals surface area contributed by atoms with Crippen LogP contribution in [0.25, 0.3) is 5.65 Å². The Balaban J connectivity index is 2.09. The van der Waals surface area contributed by atoms with E-state index in [1.807, 2.05) is 0 Å². The molecule has 1 saturated heterocycles. The summed E-state index contributed by atoms with van der Waals surface area (Å²) in [7, 11) is -3.95. The molecule has 2 aromatic rings. The van der Waals surface area contributed by atoms with Gasteiger partial charge in [-0.15, -0.1) is 0 Å². The highest BCUT2D eigenvalue weighted by molar-refractivity contribution is 7.99. The smallest absolute Gasteiger partial charge is 0.261 e. The molecule has 1 aliphatic rings. The second-order valence-electron chi connectivity index (χ2n) is 4.74. The van der Waals surface area contributed by atoms with Crippen LogP contribution in [0.5, 0.6) is 0 Å². The normalized spacial score (nSPS) is 22.5. The van der Waals surface area contributed by atoms with Crippen LogP contribution in [0.1, 0.15) is 6.42 Å². The van der Waals surface area contributed by atoms with E-state index in [1.165, 1.54) is 4.40 Å². The number of aromatic nitrogens is 2. The van der Waals surface area contributed by atoms with Crippen LogP contribution >= 0.6 is 23.4 Å². The first kappa shape index (κ1) is 14.7. The van der Waals surface area contributed by atoms with Crippen molar-refractivity contribution >= 4 is 39.0 Å². The quantitative estimate of drug-likeness (QED) is 0.916. The summed E-state index contributed by atoms with van der Waals surface area (Å²) >= 11 is 7.53. The molecule has 0 aliphatic carbocycles. The number of rotatable bonds is 3. The van der Waals surface area contributed by atoms with Crippen LogP contribution in [0.4, 0.5) is 0 Å². The molecule has 0 radical (unpaired) electrons. The summed E-state index contributed by atoms with van der Waals surface area (Å²) in [6, 6.07) is 7.18. The zero-order chi connectivity index (χ0) is 15.1. The molecule has 1 aliphatic heterocycles. The van der Waals surface area contributed by atoms with Gasteiger partial charge in [-0.3, -0.25) is 4.40 Å². The Labute approximate surface area is 131 Å². The Kier molecular flexibility index (Phi) is 3.61. The highest BCUT2D eigenvalue weighted by atomic mass is 35.5. The van der Waals surface area contributed by atoms with Crippen LogP contribution in [-0.4, -0.2) is 34.8 Å². The van der Waals surface area contributed by atoms with Crippen molar-refractivity contribution < 1.29 is 8.42 Å². The van der Waals surface area contributed by atoms with E-state index in [1.54, 1.807) is 36.2 Å². The number of fused-ring (bicyclic) bond motifs is 1. The molecule has 1 unspecified atom stereocenters. The van der Waals surface area contributed by atoms with Crippen molar-refractivity contribution in [3.8, 4) is 6.07 Å². The molecule has 1 atom stereocenters. The lowest BCUT2D eigenvalue weighted by Crippen LogP contribution is -2.47. The van der Waals surface area contributed by atoms with Gasteiger partial charge in [-0.2, -0.15) is 21.7 Å². The maximum atomic E-state index is 12.6. The average Bonchev–Trinajstić information content (AvgIpc) is 3.02. The first-order valence-electron chi connectivity index (χ1n) is 6.13. The molecule has 0 aromatic carbocycles. The van der Waals surface area contributed by atoms with E-state index < -0.39 is 15.6 Å². The highest BCUT2D eigenvalue weighted by Crippen LogP contribution is 2.30. The topological polar surface area (TPSA) is 87.3 Å². The summed E-state index contributed by atoms with van der Waals surface area (Å²) in [6.45, 7) is 0. The molecule has 1 fully saturated rings. The minimum absolute atomic E-state index is 0.104. The number of nitrogens with one attached hydrogen (secondary N) is 1. The summed E-state index contributed by atoms with van der Waals surface area (Å²) in [6.07, 6.45) is 2.05. The van der Waals surface area contributed by atoms with E-state index in [0.29, 0.717) is 17.8 Å². The third-order valence-corrected chi connectivity index (χ3v) is 6.39. The van der Waals surface area contributed by atoms with Gasteiger partial charge in [-0.25, -0.2) is 13.4 Å². The van der Waals surface area contributed by atoms with E-state index in [2.05, 4.69) is 15.8 Å². The molecule has 9 heteroatoms. The van der Waals surface area contributed by atoms with Gasteiger partial charge in [0.2, 0.25) is 0 Å². The fourth-order valence-corrected chi connectivity index (χ4v) is 5.60. The SMILES string of the molecule is N#CC1(NS(=O)(=O)c2c(Cl)nc3ccccn23)CCSC1. The Hall–Kier alpha value is -1.27. The standard InChI is InChI=1S/C12H11ClN4O2S2/c13-10-11(17-5-2-1-3-9(17)15-10)21(18,19)16-12(7-14)4-6-20-8-12/h1-3,5,16H,4,6,8H2. The second kappa shape index (κ2) is 5.18. The van der Waals surface area contributed by atoms with Crippen molar-refractivity contribution in [2.45, 2.75) is 17.0 Å². The molecule has 0 amide bonds. The maximum Gasteiger partial charge on any atom is 0.261 e. The number of thioether (sulfide) groups is 1. The van der Waals surface area contributed by atoms with Gasteiger partial charge in [0.1, 0.15) is 11.2 Å². The fraction of sp³-hybridized carbons (Fsp3) is 0.333. The van der Waals surface area contributed by atoms with Gasteiger partial charge >= 0.3 is 0 Å². The molecule has 21 heavy (non-hydrogen) atoms. The molecule has 0 saturated carbocycles. The van der Waals surface area contributed by atoms with Crippen molar-refractivity contribution in [2.24, 2.45) is 0 Å². The predicted octanol–water partition coefficient (Wildman–Crippen LogP) is 1.67. The van der Waals surface area contributed by atoms with E-state index in [0.717, 1.165) is 5.75 Å². The van der Waals surface area contributed by atoms with Gasteiger partial charge in [0.05, 0.1) is 6.07 Å². The van der Waals surface area contributed by atoms with Crippen molar-refractivity contribution in [3.05, 3.63) is 29.5 Å². The summed E-state index contributed by atoms with van der Waals surface area (Å²) in [5.74, 6) is 1.17. The van der Waals surface area contributed by atoms with Crippen molar-refractivity contribution in [3.63, 3.8) is 0 Å². The number of sulfonamides is 1. The molecule has 1 N–H and O–H groups in total. The van der Waals surface area contributed by atoms with Crippen LogP contribution in [-0.2, 0) is 10.0 Å². The number of hydrogen-bond donors (Lipinski definition) is 1. The molecule has 0 spiro atoms. The van der Waals surface area contributed by atoms with E-state index in [9.17, 15) is 13.7 Å². The van der Waals surface area contributed by atoms with Gasteiger partial charge in [0, 0.05) is 11.9 Å². The van der Waals surface area contributed by atoms with Crippen molar-refractivity contribution in [2.75, 3.05) is 11.5 Å². The Bertz CT molecular complexity index is 835. The lowest BCUT2D eigenvalue weighted by molar-refractivity contribution is 0.512. The molecule has 0 bridgehead atoms. The summed E-state index contributed by atoms with van der Waals surface area (Å²) in [5, 5.41) is 9.08. The Morgan fingerprint density at radius 2 is 2.33 bits per heavy atom. The van der Waals surface area contributed by atoms with Gasteiger partial charge in [-0.1, -0.05) is 17.7 Å². The Morgan fingerprint density at radius 3 is 3.00 bits per heavy atom. The Morgan fingerprint density at radius 1 is 1.52 bits per heavy atom. The monoisotopic (exact) mass is 342 g/mol. The zero-order valence-electron chi connectivity index (χ0n) is 10.8. The average molecular weight is 343 g/mol. The first-order valence-corrected chi connectivity index (χ1v) is 9.15. The molecule has 3 heterocycles. The lowest BCUT2D eigenvalue weighted by Gasteiger charge is -2.20. The second-order valence-corrected chi connectivity index (χ2v) is 7.80. The number of pyridine rings is 1. The van der Waals surface area contributed by atoms with E-state index in [4.69, 9.17) is 11.6 Å². The lowest BCUT2D eigenvalue weighted by atomic mass is 10.0. The minimum Gasteiger partial charge on any atom is -0.288 e. The number of nitrogens with zero attached hydrogens (tertiary/aromatic N) is 3. The maximum absolute atomic E-state index is 12.6. The van der Waals surface area contributed by atoms with Gasteiger partial charge < -0.3 is 0 Å². The molecule has 6 nitrogen and oxygen atoms in total. The van der Waals surface area contributed by atoms with Crippen LogP contribution in [0, 0.1) is 11.3 Å². The molecule has 3 rings (SSSR count). The number of hydrogen-bond acceptors (Lipinski definition) is 5.